The molecule has 160 valence electrons. The Kier molecular flexibility index (Phi) is 4.80. The molecule has 3 aliphatic rings. The zero-order valence-electron chi connectivity index (χ0n) is 18.4. The Hall–Kier alpha value is -5.04. The Balaban J connectivity index is 2.11. The Morgan fingerprint density at radius 1 is 0.588 bits per heavy atom. The van der Waals surface area contributed by atoms with E-state index in [4.69, 9.17) is 9.47 Å². The molecule has 2 bridgehead atoms. The maximum Gasteiger partial charge on any atom is 0.137 e. The monoisotopic (exact) mass is 440 g/mol. The first-order valence-corrected chi connectivity index (χ1v) is 10.5. The fraction of sp³-hybridized carbons (Fsp3) is 0.143. The highest BCUT2D eigenvalue weighted by Gasteiger charge is 2.46. The lowest BCUT2D eigenvalue weighted by Gasteiger charge is -2.43. The molecular weight excluding hydrogens is 424 g/mol. The second-order valence-electron chi connectivity index (χ2n) is 7.98. The zero-order valence-corrected chi connectivity index (χ0v) is 18.4. The standard InChI is InChI=1S/C28H16N4O2/c1-33-21-9-10-22(34-2)28-26-20-6-4-3-5-19(20)25(27(21)28)23-17(15(11-29)12-30)7-8-18(24(23)26)16(13-31)14-32/h3-10,25-26H,1-2H3/t25-,26-/m1/s1. The Morgan fingerprint density at radius 3 is 1.29 bits per heavy atom. The maximum absolute atomic E-state index is 9.73. The van der Waals surface area contributed by atoms with E-state index in [1.54, 1.807) is 26.4 Å². The van der Waals surface area contributed by atoms with Crippen molar-refractivity contribution in [2.75, 3.05) is 14.2 Å². The third-order valence-corrected chi connectivity index (χ3v) is 6.69. The molecule has 0 heterocycles. The topological polar surface area (TPSA) is 114 Å². The van der Waals surface area contributed by atoms with Gasteiger partial charge < -0.3 is 9.47 Å². The lowest BCUT2D eigenvalue weighted by Crippen LogP contribution is -2.38. The zero-order chi connectivity index (χ0) is 24.0. The summed E-state index contributed by atoms with van der Waals surface area (Å²) < 4.78 is 11.5. The minimum atomic E-state index is -0.374. The largest absolute Gasteiger partial charge is 0.496 e. The molecule has 0 aromatic heterocycles. The van der Waals surface area contributed by atoms with Crippen molar-refractivity contribution < 1.29 is 9.47 Å². The number of ether oxygens (including phenoxy) is 2. The lowest BCUT2D eigenvalue weighted by molar-refractivity contribution is 0.389. The van der Waals surface area contributed by atoms with Gasteiger partial charge in [0.05, 0.1) is 14.2 Å². The van der Waals surface area contributed by atoms with Crippen LogP contribution in [0.5, 0.6) is 11.5 Å². The van der Waals surface area contributed by atoms with E-state index in [2.05, 4.69) is 0 Å². The summed E-state index contributed by atoms with van der Waals surface area (Å²) in [7, 11) is 3.21. The van der Waals surface area contributed by atoms with Crippen molar-refractivity contribution in [2.45, 2.75) is 11.8 Å². The van der Waals surface area contributed by atoms with Gasteiger partial charge in [-0.1, -0.05) is 36.4 Å². The van der Waals surface area contributed by atoms with E-state index in [1.807, 2.05) is 60.7 Å². The first-order valence-electron chi connectivity index (χ1n) is 10.5. The molecule has 0 radical (unpaired) electrons. The molecule has 6 heteroatoms. The van der Waals surface area contributed by atoms with Crippen LogP contribution in [0.4, 0.5) is 0 Å². The smallest absolute Gasteiger partial charge is 0.137 e. The summed E-state index contributed by atoms with van der Waals surface area (Å²) in [5.41, 5.74) is 5.33. The number of methoxy groups -OCH3 is 2. The normalized spacial score (nSPS) is 15.8. The molecule has 0 saturated carbocycles. The van der Waals surface area contributed by atoms with Gasteiger partial charge in [0.25, 0.3) is 0 Å². The van der Waals surface area contributed by atoms with Crippen LogP contribution >= 0.6 is 0 Å². The Morgan fingerprint density at radius 2 is 0.971 bits per heavy atom. The molecule has 6 rings (SSSR count). The van der Waals surface area contributed by atoms with Gasteiger partial charge in [0.15, 0.2) is 0 Å². The molecular formula is C28H16N4O2. The van der Waals surface area contributed by atoms with Crippen molar-refractivity contribution in [3.63, 3.8) is 0 Å². The van der Waals surface area contributed by atoms with Gasteiger partial charge in [0.2, 0.25) is 0 Å². The first-order chi connectivity index (χ1) is 16.6. The summed E-state index contributed by atoms with van der Waals surface area (Å²) in [4.78, 5) is 0. The van der Waals surface area contributed by atoms with Crippen LogP contribution in [0.3, 0.4) is 0 Å². The third-order valence-electron chi connectivity index (χ3n) is 6.69. The van der Waals surface area contributed by atoms with Crippen molar-refractivity contribution in [1.29, 1.82) is 21.0 Å². The van der Waals surface area contributed by atoms with Crippen molar-refractivity contribution in [3.8, 4) is 35.8 Å². The van der Waals surface area contributed by atoms with Gasteiger partial charge in [0, 0.05) is 33.4 Å². The summed E-state index contributed by atoms with van der Waals surface area (Å²) in [6.07, 6.45) is 0. The quantitative estimate of drug-likeness (QED) is 0.417. The van der Waals surface area contributed by atoms with E-state index < -0.39 is 0 Å². The highest BCUT2D eigenvalue weighted by atomic mass is 16.5. The highest BCUT2D eigenvalue weighted by Crippen LogP contribution is 2.58. The van der Waals surface area contributed by atoms with Gasteiger partial charge in [-0.05, 0) is 34.4 Å². The minimum absolute atomic E-state index is 0.0216. The number of rotatable bonds is 2. The van der Waals surface area contributed by atoms with Crippen LogP contribution in [0.15, 0.2) is 48.5 Å². The molecule has 3 aromatic carbocycles. The lowest BCUT2D eigenvalue weighted by atomic mass is 9.59. The number of hydrogen-bond donors (Lipinski definition) is 0. The Bertz CT molecular complexity index is 1530. The summed E-state index contributed by atoms with van der Waals surface area (Å²) >= 11 is 0. The third kappa shape index (κ3) is 2.58. The van der Waals surface area contributed by atoms with Gasteiger partial charge in [-0.2, -0.15) is 21.0 Å². The minimum Gasteiger partial charge on any atom is -0.496 e. The van der Waals surface area contributed by atoms with Crippen molar-refractivity contribution >= 4 is 11.1 Å². The average molecular weight is 440 g/mol. The van der Waals surface area contributed by atoms with E-state index in [-0.39, 0.29) is 23.0 Å². The van der Waals surface area contributed by atoms with Crippen molar-refractivity contribution in [2.24, 2.45) is 0 Å². The molecule has 2 atom stereocenters. The van der Waals surface area contributed by atoms with Gasteiger partial charge in [-0.25, -0.2) is 0 Å². The first kappa shape index (κ1) is 20.8. The number of nitrogens with zero attached hydrogens (tertiary/aromatic N) is 4. The number of nitriles is 4. The maximum atomic E-state index is 9.73. The van der Waals surface area contributed by atoms with E-state index in [0.717, 1.165) is 33.4 Å². The number of benzene rings is 3. The van der Waals surface area contributed by atoms with Gasteiger partial charge in [0.1, 0.15) is 46.9 Å². The van der Waals surface area contributed by atoms with Crippen molar-refractivity contribution in [3.05, 3.63) is 92.3 Å². The van der Waals surface area contributed by atoms with E-state index in [0.29, 0.717) is 21.9 Å². The molecule has 0 saturated heterocycles. The van der Waals surface area contributed by atoms with E-state index >= 15 is 0 Å². The summed E-state index contributed by atoms with van der Waals surface area (Å²) in [5, 5.41) is 39.9. The second kappa shape index (κ2) is 7.83. The molecule has 0 amide bonds. The van der Waals surface area contributed by atoms with E-state index in [1.165, 1.54) is 0 Å². The molecule has 6 nitrogen and oxygen atoms in total. The average Bonchev–Trinajstić information content (AvgIpc) is 2.89. The predicted octanol–water partition coefficient (Wildman–Crippen LogP) is 3.09. The summed E-state index contributed by atoms with van der Waals surface area (Å²) in [6.45, 7) is 0. The number of hydrogen-bond acceptors (Lipinski definition) is 6. The van der Waals surface area contributed by atoms with Gasteiger partial charge in [-0.15, -0.1) is 0 Å². The molecule has 3 aromatic rings. The SMILES string of the molecule is COc1ccc(OC)c2c1[C@@H]1c3ccccc3[C@@H]2c2c1c(=C(C#N)C#N)ccc2=C(C#N)C#N. The van der Waals surface area contributed by atoms with Gasteiger partial charge in [-0.3, -0.25) is 0 Å². The van der Waals surface area contributed by atoms with Crippen LogP contribution in [0, 0.1) is 45.3 Å². The fourth-order valence-electron chi connectivity index (χ4n) is 5.48. The molecule has 0 unspecified atom stereocenters. The molecule has 34 heavy (non-hydrogen) atoms. The second-order valence-corrected chi connectivity index (χ2v) is 7.98. The van der Waals surface area contributed by atoms with Crippen molar-refractivity contribution in [1.82, 2.24) is 0 Å². The van der Waals surface area contributed by atoms with Crippen LogP contribution in [-0.2, 0) is 0 Å². The Labute approximate surface area is 196 Å². The molecule has 0 spiro atoms. The van der Waals surface area contributed by atoms with Crippen LogP contribution in [0.25, 0.3) is 11.1 Å². The molecule has 0 N–H and O–H groups in total. The molecule has 3 aliphatic carbocycles. The van der Waals surface area contributed by atoms with Crippen LogP contribution in [0.1, 0.15) is 45.2 Å². The highest BCUT2D eigenvalue weighted by molar-refractivity contribution is 5.81. The summed E-state index contributed by atoms with van der Waals surface area (Å²) in [5.74, 6) is 0.591. The van der Waals surface area contributed by atoms with Crippen LogP contribution in [0.2, 0.25) is 0 Å². The molecule has 0 aliphatic heterocycles. The predicted molar refractivity (Wildman–Crippen MR) is 123 cm³/mol. The summed E-state index contributed by atoms with van der Waals surface area (Å²) in [6, 6.07) is 23.1. The molecule has 0 fully saturated rings. The van der Waals surface area contributed by atoms with E-state index in [9.17, 15) is 21.0 Å². The van der Waals surface area contributed by atoms with Crippen LogP contribution < -0.4 is 19.9 Å². The van der Waals surface area contributed by atoms with Crippen LogP contribution in [-0.4, -0.2) is 14.2 Å². The fourth-order valence-corrected chi connectivity index (χ4v) is 5.48. The van der Waals surface area contributed by atoms with Gasteiger partial charge >= 0.3 is 0 Å².